The monoisotopic (exact) mass is 303 g/mol. The second-order valence-corrected chi connectivity index (χ2v) is 6.18. The normalized spacial score (nSPS) is 19.2. The average Bonchev–Trinajstić information content (AvgIpc) is 2.94. The molecule has 2 rings (SSSR count). The van der Waals surface area contributed by atoms with Crippen LogP contribution in [0.5, 0.6) is 0 Å². The summed E-state index contributed by atoms with van der Waals surface area (Å²) in [5.74, 6) is -0.590. The molecule has 120 valence electrons. The van der Waals surface area contributed by atoms with Crippen LogP contribution in [-0.4, -0.2) is 34.5 Å². The Morgan fingerprint density at radius 1 is 1.32 bits per heavy atom. The molecule has 4 heteroatoms. The zero-order valence-electron chi connectivity index (χ0n) is 13.4. The first-order valence-electron chi connectivity index (χ1n) is 8.11. The van der Waals surface area contributed by atoms with Crippen molar-refractivity contribution in [3.8, 4) is 0 Å². The standard InChI is InChI=1S/C18H25NO3/c1-3-14-6-8-15(9-7-14)13(2)11-17(20)19-10-4-5-16(19)12-18(21)22/h6-9,13,16H,3-5,10-12H2,1-2H3,(H,21,22). The van der Waals surface area contributed by atoms with E-state index in [2.05, 4.69) is 38.1 Å². The Hall–Kier alpha value is -1.84. The van der Waals surface area contributed by atoms with Gasteiger partial charge in [-0.05, 0) is 36.3 Å². The Bertz CT molecular complexity index is 524. The van der Waals surface area contributed by atoms with Gasteiger partial charge in [0, 0.05) is 19.0 Å². The second-order valence-electron chi connectivity index (χ2n) is 6.18. The van der Waals surface area contributed by atoms with Crippen LogP contribution in [0.25, 0.3) is 0 Å². The SMILES string of the molecule is CCc1ccc(C(C)CC(=O)N2CCCC2CC(=O)O)cc1. The van der Waals surface area contributed by atoms with Crippen molar-refractivity contribution in [2.45, 2.75) is 57.9 Å². The van der Waals surface area contributed by atoms with E-state index in [0.717, 1.165) is 19.3 Å². The minimum absolute atomic E-state index is 0.0608. The molecule has 1 amide bonds. The van der Waals surface area contributed by atoms with Gasteiger partial charge in [0.1, 0.15) is 0 Å². The van der Waals surface area contributed by atoms with Crippen LogP contribution >= 0.6 is 0 Å². The summed E-state index contributed by atoms with van der Waals surface area (Å²) in [7, 11) is 0. The van der Waals surface area contributed by atoms with Crippen LogP contribution in [0.3, 0.4) is 0 Å². The molecule has 2 atom stereocenters. The van der Waals surface area contributed by atoms with Crippen LogP contribution in [0.4, 0.5) is 0 Å². The van der Waals surface area contributed by atoms with Gasteiger partial charge in [0.15, 0.2) is 0 Å². The first-order valence-corrected chi connectivity index (χ1v) is 8.11. The predicted molar refractivity (Wildman–Crippen MR) is 85.8 cm³/mol. The lowest BCUT2D eigenvalue weighted by molar-refractivity contribution is -0.140. The molecule has 0 aromatic heterocycles. The van der Waals surface area contributed by atoms with Gasteiger partial charge in [-0.2, -0.15) is 0 Å². The highest BCUT2D eigenvalue weighted by Crippen LogP contribution is 2.25. The third-order valence-corrected chi connectivity index (χ3v) is 4.55. The van der Waals surface area contributed by atoms with Crippen molar-refractivity contribution in [2.75, 3.05) is 6.54 Å². The lowest BCUT2D eigenvalue weighted by Gasteiger charge is -2.25. The summed E-state index contributed by atoms with van der Waals surface area (Å²) in [5, 5.41) is 8.94. The van der Waals surface area contributed by atoms with E-state index in [1.807, 2.05) is 0 Å². The highest BCUT2D eigenvalue weighted by atomic mass is 16.4. The molecule has 0 spiro atoms. The number of aliphatic carboxylic acids is 1. The average molecular weight is 303 g/mol. The number of likely N-dealkylation sites (tertiary alicyclic amines) is 1. The molecule has 1 aromatic rings. The Morgan fingerprint density at radius 3 is 2.59 bits per heavy atom. The van der Waals surface area contributed by atoms with Gasteiger partial charge in [0.2, 0.25) is 5.91 Å². The fourth-order valence-corrected chi connectivity index (χ4v) is 3.16. The minimum Gasteiger partial charge on any atom is -0.481 e. The lowest BCUT2D eigenvalue weighted by atomic mass is 9.95. The number of carbonyl (C=O) groups excluding carboxylic acids is 1. The first-order chi connectivity index (χ1) is 10.5. The molecule has 1 saturated heterocycles. The molecule has 1 heterocycles. The number of nitrogens with zero attached hydrogens (tertiary/aromatic N) is 1. The topological polar surface area (TPSA) is 57.6 Å². The molecule has 0 radical (unpaired) electrons. The van der Waals surface area contributed by atoms with Gasteiger partial charge in [-0.1, -0.05) is 38.1 Å². The Morgan fingerprint density at radius 2 is 2.00 bits per heavy atom. The Labute approximate surface area is 132 Å². The van der Waals surface area contributed by atoms with E-state index in [4.69, 9.17) is 5.11 Å². The predicted octanol–water partition coefficient (Wildman–Crippen LogP) is 3.21. The summed E-state index contributed by atoms with van der Waals surface area (Å²) in [6.07, 6.45) is 3.23. The quantitative estimate of drug-likeness (QED) is 0.878. The summed E-state index contributed by atoms with van der Waals surface area (Å²) < 4.78 is 0. The van der Waals surface area contributed by atoms with Gasteiger partial charge in [0.05, 0.1) is 6.42 Å². The number of benzene rings is 1. The molecule has 1 aliphatic rings. The van der Waals surface area contributed by atoms with Gasteiger partial charge < -0.3 is 10.0 Å². The van der Waals surface area contributed by atoms with Crippen molar-refractivity contribution in [1.29, 1.82) is 0 Å². The Balaban J connectivity index is 1.96. The number of carbonyl (C=O) groups is 2. The number of rotatable bonds is 6. The summed E-state index contributed by atoms with van der Waals surface area (Å²) in [6, 6.07) is 8.28. The van der Waals surface area contributed by atoms with E-state index in [-0.39, 0.29) is 24.3 Å². The van der Waals surface area contributed by atoms with Crippen LogP contribution < -0.4 is 0 Å². The van der Waals surface area contributed by atoms with E-state index >= 15 is 0 Å². The van der Waals surface area contributed by atoms with E-state index in [0.29, 0.717) is 13.0 Å². The fourth-order valence-electron chi connectivity index (χ4n) is 3.16. The van der Waals surface area contributed by atoms with Crippen molar-refractivity contribution < 1.29 is 14.7 Å². The van der Waals surface area contributed by atoms with E-state index in [9.17, 15) is 9.59 Å². The molecule has 0 saturated carbocycles. The van der Waals surface area contributed by atoms with Crippen molar-refractivity contribution in [2.24, 2.45) is 0 Å². The molecular formula is C18H25NO3. The number of amides is 1. The molecule has 22 heavy (non-hydrogen) atoms. The van der Waals surface area contributed by atoms with Crippen LogP contribution in [0.2, 0.25) is 0 Å². The van der Waals surface area contributed by atoms with Gasteiger partial charge in [-0.3, -0.25) is 9.59 Å². The first kappa shape index (κ1) is 16.5. The summed E-state index contributed by atoms with van der Waals surface area (Å²) in [6.45, 7) is 4.87. The van der Waals surface area contributed by atoms with Crippen LogP contribution in [0, 0.1) is 0 Å². The number of hydrogen-bond acceptors (Lipinski definition) is 2. The van der Waals surface area contributed by atoms with E-state index < -0.39 is 5.97 Å². The number of carboxylic acid groups (broad SMARTS) is 1. The highest BCUT2D eigenvalue weighted by molar-refractivity contribution is 5.78. The summed E-state index contributed by atoms with van der Waals surface area (Å²) in [5.41, 5.74) is 2.46. The largest absolute Gasteiger partial charge is 0.481 e. The third-order valence-electron chi connectivity index (χ3n) is 4.55. The molecule has 2 unspecified atom stereocenters. The second kappa shape index (κ2) is 7.43. The van der Waals surface area contributed by atoms with Gasteiger partial charge in [-0.25, -0.2) is 0 Å². The van der Waals surface area contributed by atoms with Crippen LogP contribution in [0.15, 0.2) is 24.3 Å². The minimum atomic E-state index is -0.826. The van der Waals surface area contributed by atoms with Gasteiger partial charge >= 0.3 is 5.97 Å². The molecule has 1 fully saturated rings. The number of hydrogen-bond donors (Lipinski definition) is 1. The zero-order valence-corrected chi connectivity index (χ0v) is 13.4. The maximum Gasteiger partial charge on any atom is 0.305 e. The molecule has 4 nitrogen and oxygen atoms in total. The maximum atomic E-state index is 12.5. The number of aryl methyl sites for hydroxylation is 1. The maximum absolute atomic E-state index is 12.5. The number of carboxylic acids is 1. The van der Waals surface area contributed by atoms with Crippen molar-refractivity contribution in [3.63, 3.8) is 0 Å². The van der Waals surface area contributed by atoms with E-state index in [1.165, 1.54) is 11.1 Å². The third kappa shape index (κ3) is 4.09. The van der Waals surface area contributed by atoms with Crippen LogP contribution in [-0.2, 0) is 16.0 Å². The van der Waals surface area contributed by atoms with Gasteiger partial charge in [-0.15, -0.1) is 0 Å². The summed E-state index contributed by atoms with van der Waals surface area (Å²) in [4.78, 5) is 25.1. The smallest absolute Gasteiger partial charge is 0.305 e. The molecular weight excluding hydrogens is 278 g/mol. The van der Waals surface area contributed by atoms with Crippen molar-refractivity contribution in [3.05, 3.63) is 35.4 Å². The molecule has 1 aliphatic heterocycles. The highest BCUT2D eigenvalue weighted by Gasteiger charge is 2.30. The summed E-state index contributed by atoms with van der Waals surface area (Å²) >= 11 is 0. The fraction of sp³-hybridized carbons (Fsp3) is 0.556. The van der Waals surface area contributed by atoms with Gasteiger partial charge in [0.25, 0.3) is 0 Å². The Kier molecular flexibility index (Phi) is 5.58. The zero-order chi connectivity index (χ0) is 16.1. The van der Waals surface area contributed by atoms with E-state index in [1.54, 1.807) is 4.90 Å². The molecule has 1 N–H and O–H groups in total. The molecule has 0 bridgehead atoms. The van der Waals surface area contributed by atoms with Crippen molar-refractivity contribution in [1.82, 2.24) is 4.90 Å². The van der Waals surface area contributed by atoms with Crippen LogP contribution in [0.1, 0.15) is 56.6 Å². The van der Waals surface area contributed by atoms with Crippen molar-refractivity contribution >= 4 is 11.9 Å². The lowest BCUT2D eigenvalue weighted by Crippen LogP contribution is -2.37. The molecule has 1 aromatic carbocycles. The molecule has 0 aliphatic carbocycles.